The van der Waals surface area contributed by atoms with E-state index in [0.29, 0.717) is 17.5 Å². The Morgan fingerprint density at radius 1 is 1.00 bits per heavy atom. The van der Waals surface area contributed by atoms with Crippen molar-refractivity contribution in [2.24, 2.45) is 0 Å². The molecule has 2 fully saturated rings. The quantitative estimate of drug-likeness (QED) is 0.422. The van der Waals surface area contributed by atoms with Crippen molar-refractivity contribution < 1.29 is 14.0 Å². The van der Waals surface area contributed by atoms with E-state index in [-0.39, 0.29) is 29.4 Å². The number of amides is 2. The maximum absolute atomic E-state index is 14.0. The molecule has 0 saturated heterocycles. The van der Waals surface area contributed by atoms with Gasteiger partial charge in [-0.15, -0.1) is 5.10 Å². The highest BCUT2D eigenvalue weighted by atomic mass is 19.1. The monoisotopic (exact) mass is 466 g/mol. The van der Waals surface area contributed by atoms with Crippen LogP contribution in [0.5, 0.6) is 0 Å². The third-order valence-corrected chi connectivity index (χ3v) is 6.14. The first-order chi connectivity index (χ1) is 16.5. The molecule has 0 radical (unpaired) electrons. The van der Waals surface area contributed by atoms with Crippen molar-refractivity contribution in [2.75, 3.05) is 16.0 Å². The number of aromatic nitrogens is 4. The number of carbonyl (C=O) groups excluding carboxylic acids is 2. The summed E-state index contributed by atoms with van der Waals surface area (Å²) in [5.74, 6) is -0.515. The number of rotatable bonds is 7. The van der Waals surface area contributed by atoms with Gasteiger partial charge in [0.05, 0.1) is 23.8 Å². The first-order valence-electron chi connectivity index (χ1n) is 11.6. The van der Waals surface area contributed by atoms with Gasteiger partial charge in [0.25, 0.3) is 5.91 Å². The Hall–Kier alpha value is -3.76. The third-order valence-electron chi connectivity index (χ3n) is 6.14. The second kappa shape index (κ2) is 9.24. The molecule has 10 nitrogen and oxygen atoms in total. The van der Waals surface area contributed by atoms with E-state index in [1.54, 1.807) is 6.92 Å². The van der Waals surface area contributed by atoms with Crippen LogP contribution < -0.4 is 21.3 Å². The van der Waals surface area contributed by atoms with Gasteiger partial charge in [0.1, 0.15) is 5.82 Å². The Morgan fingerprint density at radius 2 is 1.71 bits per heavy atom. The minimum Gasteiger partial charge on any atom is -0.379 e. The molecule has 2 aliphatic carbocycles. The maximum Gasteiger partial charge on any atom is 0.276 e. The van der Waals surface area contributed by atoms with Crippen molar-refractivity contribution >= 4 is 34.7 Å². The van der Waals surface area contributed by atoms with Gasteiger partial charge >= 0.3 is 0 Å². The Morgan fingerprint density at radius 3 is 2.41 bits per heavy atom. The molecule has 0 spiro atoms. The molecule has 3 aromatic rings. The highest BCUT2D eigenvalue weighted by Gasteiger charge is 2.26. The molecule has 34 heavy (non-hydrogen) atoms. The van der Waals surface area contributed by atoms with Crippen LogP contribution in [-0.4, -0.2) is 49.5 Å². The summed E-state index contributed by atoms with van der Waals surface area (Å²) in [5.41, 5.74) is 1.56. The van der Waals surface area contributed by atoms with E-state index in [1.165, 1.54) is 23.0 Å². The lowest BCUT2D eigenvalue weighted by molar-refractivity contribution is -0.119. The van der Waals surface area contributed by atoms with E-state index in [2.05, 4.69) is 36.3 Å². The fourth-order valence-electron chi connectivity index (χ4n) is 4.29. The summed E-state index contributed by atoms with van der Waals surface area (Å²) < 4.78 is 15.5. The molecule has 4 N–H and O–H groups in total. The highest BCUT2D eigenvalue weighted by molar-refractivity contribution is 6.03. The Bertz CT molecular complexity index is 1220. The van der Waals surface area contributed by atoms with E-state index in [0.717, 1.165) is 50.4 Å². The molecule has 3 aromatic heterocycles. The highest BCUT2D eigenvalue weighted by Crippen LogP contribution is 2.30. The molecule has 3 heterocycles. The van der Waals surface area contributed by atoms with Crippen molar-refractivity contribution in [3.63, 3.8) is 0 Å². The number of hydrogen-bond donors (Lipinski definition) is 4. The van der Waals surface area contributed by atoms with Crippen molar-refractivity contribution in [1.82, 2.24) is 24.9 Å². The van der Waals surface area contributed by atoms with Gasteiger partial charge < -0.3 is 21.3 Å². The molecule has 0 unspecified atom stereocenters. The molecule has 11 heteroatoms. The topological polar surface area (TPSA) is 125 Å². The number of nitrogens with zero attached hydrogens (tertiary/aromatic N) is 4. The van der Waals surface area contributed by atoms with Gasteiger partial charge in [0.2, 0.25) is 5.91 Å². The normalized spacial score (nSPS) is 20.1. The number of pyridine rings is 1. The molecular formula is C23H27FN8O2. The number of halogens is 1. The fourth-order valence-corrected chi connectivity index (χ4v) is 4.29. The molecule has 0 aromatic carbocycles. The van der Waals surface area contributed by atoms with Crippen LogP contribution in [-0.2, 0) is 4.79 Å². The van der Waals surface area contributed by atoms with Gasteiger partial charge in [-0.1, -0.05) is 0 Å². The van der Waals surface area contributed by atoms with Crippen LogP contribution in [0.4, 0.5) is 21.6 Å². The molecule has 2 saturated carbocycles. The minimum atomic E-state index is -0.619. The summed E-state index contributed by atoms with van der Waals surface area (Å²) in [6, 6.07) is 4.11. The van der Waals surface area contributed by atoms with Crippen LogP contribution in [0.1, 0.15) is 55.9 Å². The summed E-state index contributed by atoms with van der Waals surface area (Å²) in [5, 5.41) is 17.1. The molecule has 0 atom stereocenters. The maximum atomic E-state index is 14.0. The number of imidazole rings is 1. The number of anilines is 3. The van der Waals surface area contributed by atoms with Crippen LogP contribution in [0.25, 0.3) is 5.65 Å². The number of fused-ring (bicyclic) bond motifs is 1. The van der Waals surface area contributed by atoms with Crippen LogP contribution >= 0.6 is 0 Å². The number of hydrogen-bond acceptors (Lipinski definition) is 7. The molecule has 0 bridgehead atoms. The Balaban J connectivity index is 1.38. The molecular weight excluding hydrogens is 439 g/mol. The van der Waals surface area contributed by atoms with E-state index in [4.69, 9.17) is 0 Å². The van der Waals surface area contributed by atoms with Crippen LogP contribution in [0, 0.1) is 5.82 Å². The first kappa shape index (κ1) is 22.1. The van der Waals surface area contributed by atoms with E-state index < -0.39 is 11.7 Å². The Labute approximate surface area is 195 Å². The SMILES string of the molecule is CC(=O)N[C@H]1CC[C@H](Nc2cc(NC3CC3)c3ncc(C(=O)Nc4ccncc4F)n3n2)CC1. The number of nitrogens with one attached hydrogen (secondary N) is 4. The van der Waals surface area contributed by atoms with Gasteiger partial charge in [-0.05, 0) is 44.6 Å². The molecule has 2 amide bonds. The zero-order valence-electron chi connectivity index (χ0n) is 18.8. The lowest BCUT2D eigenvalue weighted by Crippen LogP contribution is -2.39. The van der Waals surface area contributed by atoms with Gasteiger partial charge in [-0.3, -0.25) is 14.6 Å². The smallest absolute Gasteiger partial charge is 0.276 e. The lowest BCUT2D eigenvalue weighted by atomic mass is 9.91. The third kappa shape index (κ3) is 4.92. The Kier molecular flexibility index (Phi) is 5.99. The summed E-state index contributed by atoms with van der Waals surface area (Å²) in [4.78, 5) is 32.4. The summed E-state index contributed by atoms with van der Waals surface area (Å²) in [6.45, 7) is 1.54. The zero-order chi connectivity index (χ0) is 23.7. The van der Waals surface area contributed by atoms with Crippen molar-refractivity contribution in [1.29, 1.82) is 0 Å². The molecule has 2 aliphatic rings. The second-order valence-corrected chi connectivity index (χ2v) is 8.94. The lowest BCUT2D eigenvalue weighted by Gasteiger charge is -2.29. The average Bonchev–Trinajstić information content (AvgIpc) is 3.51. The molecule has 178 valence electrons. The van der Waals surface area contributed by atoms with Gasteiger partial charge in [-0.2, -0.15) is 0 Å². The number of carbonyl (C=O) groups is 2. The first-order valence-corrected chi connectivity index (χ1v) is 11.6. The average molecular weight is 467 g/mol. The fraction of sp³-hybridized carbons (Fsp3) is 0.435. The summed E-state index contributed by atoms with van der Waals surface area (Å²) >= 11 is 0. The van der Waals surface area contributed by atoms with Crippen LogP contribution in [0.15, 0.2) is 30.7 Å². The van der Waals surface area contributed by atoms with E-state index in [9.17, 15) is 14.0 Å². The van der Waals surface area contributed by atoms with Crippen LogP contribution in [0.2, 0.25) is 0 Å². The predicted molar refractivity (Wildman–Crippen MR) is 125 cm³/mol. The standard InChI is InChI=1S/C23H27FN8O2/c1-13(33)27-14-2-6-16(7-3-14)29-21-10-19(28-15-4-5-15)22-26-12-20(32(22)31-21)23(34)30-18-8-9-25-11-17(18)24/h8-12,14-16,28H,2-7H2,1H3,(H,27,33)(H,29,31)(H,25,30,34)/t14-,16-. The van der Waals surface area contributed by atoms with E-state index in [1.807, 2.05) is 6.07 Å². The van der Waals surface area contributed by atoms with Crippen molar-refractivity contribution in [2.45, 2.75) is 63.6 Å². The molecule has 0 aliphatic heterocycles. The van der Waals surface area contributed by atoms with Gasteiger partial charge in [0, 0.05) is 37.3 Å². The second-order valence-electron chi connectivity index (χ2n) is 8.94. The van der Waals surface area contributed by atoms with Crippen molar-refractivity contribution in [3.05, 3.63) is 42.2 Å². The summed E-state index contributed by atoms with van der Waals surface area (Å²) in [6.07, 6.45) is 9.64. The predicted octanol–water partition coefficient (Wildman–Crippen LogP) is 2.95. The largest absolute Gasteiger partial charge is 0.379 e. The molecule has 5 rings (SSSR count). The minimum absolute atomic E-state index is 0.00289. The van der Waals surface area contributed by atoms with Crippen LogP contribution in [0.3, 0.4) is 0 Å². The van der Waals surface area contributed by atoms with Gasteiger partial charge in [-0.25, -0.2) is 13.9 Å². The van der Waals surface area contributed by atoms with Crippen molar-refractivity contribution in [3.8, 4) is 0 Å². The van der Waals surface area contributed by atoms with Gasteiger partial charge in [0.15, 0.2) is 17.2 Å². The zero-order valence-corrected chi connectivity index (χ0v) is 18.8. The van der Waals surface area contributed by atoms with E-state index >= 15 is 0 Å². The summed E-state index contributed by atoms with van der Waals surface area (Å²) in [7, 11) is 0.